The molecule has 0 spiro atoms. The van der Waals surface area contributed by atoms with Crippen LogP contribution in [0.3, 0.4) is 0 Å². The van der Waals surface area contributed by atoms with Gasteiger partial charge in [0.2, 0.25) is 5.88 Å². The van der Waals surface area contributed by atoms with Gasteiger partial charge in [-0.1, -0.05) is 18.2 Å². The third-order valence-electron chi connectivity index (χ3n) is 5.71. The minimum atomic E-state index is -0.237. The van der Waals surface area contributed by atoms with Gasteiger partial charge in [0.1, 0.15) is 6.10 Å². The maximum atomic E-state index is 11.0. The fourth-order valence-electron chi connectivity index (χ4n) is 4.28. The van der Waals surface area contributed by atoms with Crippen molar-refractivity contribution >= 4 is 10.9 Å². The predicted molar refractivity (Wildman–Crippen MR) is 114 cm³/mol. The standard InChI is InChI=1S/C23H24N4O3/c28-22-20(17-14-25-18-7-2-1-6-16(17)18)21(19-8-3-4-13-30-19)27(23(22)29)11-5-10-26-12-9-24-15-26/h1-2,4,6-7,9,12-15,19,25,28-29H,3,5,8,10-11H2. The highest BCUT2D eigenvalue weighted by Gasteiger charge is 2.31. The van der Waals surface area contributed by atoms with E-state index >= 15 is 0 Å². The van der Waals surface area contributed by atoms with Gasteiger partial charge in [-0.25, -0.2) is 4.98 Å². The Kier molecular flexibility index (Phi) is 4.71. The molecule has 0 fully saturated rings. The third-order valence-corrected chi connectivity index (χ3v) is 5.71. The van der Waals surface area contributed by atoms with Gasteiger partial charge >= 0.3 is 0 Å². The lowest BCUT2D eigenvalue weighted by atomic mass is 9.98. The van der Waals surface area contributed by atoms with E-state index in [0.717, 1.165) is 48.0 Å². The number of aromatic nitrogens is 4. The Morgan fingerprint density at radius 1 is 1.20 bits per heavy atom. The summed E-state index contributed by atoms with van der Waals surface area (Å²) in [6, 6.07) is 7.95. The molecular formula is C23H24N4O3. The van der Waals surface area contributed by atoms with Crippen molar-refractivity contribution < 1.29 is 14.9 Å². The Balaban J connectivity index is 1.59. The lowest BCUT2D eigenvalue weighted by Gasteiger charge is -2.23. The zero-order valence-electron chi connectivity index (χ0n) is 16.5. The normalized spacial score (nSPS) is 16.2. The molecule has 1 unspecified atom stereocenters. The average molecular weight is 404 g/mol. The van der Waals surface area contributed by atoms with Crippen molar-refractivity contribution in [1.29, 1.82) is 0 Å². The minimum absolute atomic E-state index is 0.101. The zero-order valence-corrected chi connectivity index (χ0v) is 16.5. The fourth-order valence-corrected chi connectivity index (χ4v) is 4.28. The molecule has 7 nitrogen and oxygen atoms in total. The molecule has 154 valence electrons. The van der Waals surface area contributed by atoms with Gasteiger partial charge in [0, 0.05) is 48.1 Å². The van der Waals surface area contributed by atoms with Gasteiger partial charge < -0.3 is 29.1 Å². The van der Waals surface area contributed by atoms with Crippen LogP contribution < -0.4 is 0 Å². The smallest absolute Gasteiger partial charge is 0.235 e. The number of nitrogens with zero attached hydrogens (tertiary/aromatic N) is 3. The monoisotopic (exact) mass is 404 g/mol. The SMILES string of the molecule is Oc1c(-c2c[nH]c3ccccc23)c(C2CCC=CO2)n(CCCn2ccnc2)c1O. The Labute approximate surface area is 173 Å². The van der Waals surface area contributed by atoms with Gasteiger partial charge in [-0.2, -0.15) is 0 Å². The summed E-state index contributed by atoms with van der Waals surface area (Å²) in [6.07, 6.45) is 13.3. The van der Waals surface area contributed by atoms with Crippen LogP contribution in [-0.4, -0.2) is 29.3 Å². The fraction of sp³-hybridized carbons (Fsp3) is 0.261. The molecule has 0 saturated carbocycles. The summed E-state index contributed by atoms with van der Waals surface area (Å²) in [7, 11) is 0. The van der Waals surface area contributed by atoms with Crippen molar-refractivity contribution in [2.45, 2.75) is 38.5 Å². The molecule has 0 saturated heterocycles. The summed E-state index contributed by atoms with van der Waals surface area (Å²) >= 11 is 0. The average Bonchev–Trinajstić information content (AvgIpc) is 3.50. The van der Waals surface area contributed by atoms with E-state index in [0.29, 0.717) is 12.1 Å². The molecule has 0 radical (unpaired) electrons. The number of fused-ring (bicyclic) bond motifs is 1. The Bertz CT molecular complexity index is 1190. The highest BCUT2D eigenvalue weighted by molar-refractivity contribution is 5.98. The van der Waals surface area contributed by atoms with Gasteiger partial charge in [0.25, 0.3) is 0 Å². The quantitative estimate of drug-likeness (QED) is 0.435. The van der Waals surface area contributed by atoms with Gasteiger partial charge in [0.15, 0.2) is 5.75 Å². The summed E-state index contributed by atoms with van der Waals surface area (Å²) in [5, 5.41) is 22.8. The number of benzene rings is 1. The number of ether oxygens (including phenoxy) is 1. The number of hydrogen-bond donors (Lipinski definition) is 3. The van der Waals surface area contributed by atoms with Crippen molar-refractivity contribution in [3.63, 3.8) is 0 Å². The highest BCUT2D eigenvalue weighted by atomic mass is 16.5. The largest absolute Gasteiger partial charge is 0.503 e. The molecule has 1 atom stereocenters. The first kappa shape index (κ1) is 18.4. The molecule has 1 aromatic carbocycles. The van der Waals surface area contributed by atoms with Crippen LogP contribution in [0.1, 0.15) is 31.1 Å². The predicted octanol–water partition coefficient (Wildman–Crippen LogP) is 4.70. The van der Waals surface area contributed by atoms with Crippen LogP contribution in [-0.2, 0) is 17.8 Å². The van der Waals surface area contributed by atoms with E-state index in [4.69, 9.17) is 4.74 Å². The summed E-state index contributed by atoms with van der Waals surface area (Å²) in [5.74, 6) is -0.218. The molecule has 30 heavy (non-hydrogen) atoms. The van der Waals surface area contributed by atoms with Crippen molar-refractivity contribution in [3.05, 3.63) is 67.2 Å². The van der Waals surface area contributed by atoms with E-state index in [1.54, 1.807) is 23.4 Å². The van der Waals surface area contributed by atoms with E-state index < -0.39 is 0 Å². The summed E-state index contributed by atoms with van der Waals surface area (Å²) in [6.45, 7) is 1.32. The number of aromatic hydroxyl groups is 2. The van der Waals surface area contributed by atoms with Gasteiger partial charge in [-0.05, 0) is 31.4 Å². The van der Waals surface area contributed by atoms with Gasteiger partial charge in [-0.3, -0.25) is 0 Å². The van der Waals surface area contributed by atoms with Crippen LogP contribution in [0.2, 0.25) is 0 Å². The first-order valence-corrected chi connectivity index (χ1v) is 10.2. The van der Waals surface area contributed by atoms with E-state index in [2.05, 4.69) is 9.97 Å². The van der Waals surface area contributed by atoms with Crippen LogP contribution in [0.25, 0.3) is 22.0 Å². The second-order valence-electron chi connectivity index (χ2n) is 7.56. The number of aryl methyl sites for hydroxylation is 1. The van der Waals surface area contributed by atoms with Crippen molar-refractivity contribution in [3.8, 4) is 22.8 Å². The molecule has 0 amide bonds. The number of rotatable bonds is 6. The Morgan fingerprint density at radius 3 is 2.90 bits per heavy atom. The van der Waals surface area contributed by atoms with Crippen molar-refractivity contribution in [2.75, 3.05) is 0 Å². The molecule has 1 aliphatic heterocycles. The maximum absolute atomic E-state index is 11.0. The second kappa shape index (κ2) is 7.67. The summed E-state index contributed by atoms with van der Waals surface area (Å²) < 4.78 is 9.73. The molecule has 7 heteroatoms. The zero-order chi connectivity index (χ0) is 20.5. The van der Waals surface area contributed by atoms with Gasteiger partial charge in [-0.15, -0.1) is 0 Å². The van der Waals surface area contributed by atoms with Crippen LogP contribution >= 0.6 is 0 Å². The molecule has 4 aromatic rings. The Hall–Kier alpha value is -3.61. The van der Waals surface area contributed by atoms with E-state index in [1.165, 1.54) is 0 Å². The number of allylic oxidation sites excluding steroid dienone is 1. The molecule has 3 aromatic heterocycles. The molecule has 0 aliphatic carbocycles. The number of H-pyrrole nitrogens is 1. The number of imidazole rings is 1. The van der Waals surface area contributed by atoms with Crippen LogP contribution in [0.4, 0.5) is 0 Å². The van der Waals surface area contributed by atoms with Crippen molar-refractivity contribution in [2.24, 2.45) is 0 Å². The maximum Gasteiger partial charge on any atom is 0.235 e. The lowest BCUT2D eigenvalue weighted by Crippen LogP contribution is -2.13. The number of nitrogens with one attached hydrogen (secondary N) is 1. The van der Waals surface area contributed by atoms with E-state index in [-0.39, 0.29) is 17.7 Å². The van der Waals surface area contributed by atoms with Crippen LogP contribution in [0.5, 0.6) is 11.6 Å². The van der Waals surface area contributed by atoms with E-state index in [1.807, 2.05) is 47.3 Å². The topological polar surface area (TPSA) is 88.2 Å². The molecule has 4 heterocycles. The molecule has 5 rings (SSSR count). The minimum Gasteiger partial charge on any atom is -0.503 e. The first-order chi connectivity index (χ1) is 14.7. The molecular weight excluding hydrogens is 380 g/mol. The number of aromatic amines is 1. The van der Waals surface area contributed by atoms with Gasteiger partial charge in [0.05, 0.1) is 23.8 Å². The second-order valence-corrected chi connectivity index (χ2v) is 7.56. The Morgan fingerprint density at radius 2 is 2.10 bits per heavy atom. The third kappa shape index (κ3) is 3.12. The highest BCUT2D eigenvalue weighted by Crippen LogP contribution is 2.48. The molecule has 1 aliphatic rings. The lowest BCUT2D eigenvalue weighted by molar-refractivity contribution is 0.117. The number of hydrogen-bond acceptors (Lipinski definition) is 4. The molecule has 3 N–H and O–H groups in total. The van der Waals surface area contributed by atoms with Crippen molar-refractivity contribution in [1.82, 2.24) is 19.1 Å². The first-order valence-electron chi connectivity index (χ1n) is 10.2. The van der Waals surface area contributed by atoms with Crippen LogP contribution in [0, 0.1) is 0 Å². The summed E-state index contributed by atoms with van der Waals surface area (Å²) in [4.78, 5) is 7.34. The number of para-hydroxylation sites is 1. The molecule has 0 bridgehead atoms. The summed E-state index contributed by atoms with van der Waals surface area (Å²) in [5.41, 5.74) is 3.28. The van der Waals surface area contributed by atoms with Crippen LogP contribution in [0.15, 0.2) is 61.5 Å². The van der Waals surface area contributed by atoms with E-state index in [9.17, 15) is 10.2 Å².